The Kier molecular flexibility index (Phi) is 7.65. The Balaban J connectivity index is 1.77. The minimum atomic E-state index is -0.788. The van der Waals surface area contributed by atoms with E-state index in [-0.39, 0.29) is 17.1 Å². The summed E-state index contributed by atoms with van der Waals surface area (Å²) in [6.45, 7) is 8.46. The molecule has 0 bridgehead atoms. The van der Waals surface area contributed by atoms with Crippen molar-refractivity contribution >= 4 is 5.91 Å². The Morgan fingerprint density at radius 1 is 1.12 bits per heavy atom. The van der Waals surface area contributed by atoms with Crippen LogP contribution in [0.1, 0.15) is 73.2 Å². The number of nitrogens with zero attached hydrogens (tertiary/aromatic N) is 1. The molecule has 0 fully saturated rings. The molecule has 0 aliphatic heterocycles. The second-order valence-electron chi connectivity index (χ2n) is 9.22. The summed E-state index contributed by atoms with van der Waals surface area (Å²) in [6, 6.07) is 18.7. The Labute approximate surface area is 197 Å². The van der Waals surface area contributed by atoms with Crippen LogP contribution >= 0.6 is 0 Å². The quantitative estimate of drug-likeness (QED) is 0.451. The Hall–Kier alpha value is -3.05. The number of benzene rings is 2. The minimum Gasteiger partial charge on any atom is -0.496 e. The lowest BCUT2D eigenvalue weighted by Crippen LogP contribution is -2.38. The van der Waals surface area contributed by atoms with E-state index in [0.29, 0.717) is 12.2 Å². The first-order valence-electron chi connectivity index (χ1n) is 11.4. The standard InChI is InChI=1S/C28H35NO4/c1-7-28(3,4)22-13-15-24(32-6)21(17-22)18-23-14-16-25(33-23)27(31)29(5)19(2)26(30)20-11-9-8-10-12-20/h8-17,19,26,30H,7,18H2,1-6H3/t19-,26-/m0/s1. The molecule has 3 rings (SSSR count). The molecule has 3 aromatic rings. The van der Waals surface area contributed by atoms with E-state index in [4.69, 9.17) is 9.15 Å². The van der Waals surface area contributed by atoms with Crippen molar-refractivity contribution in [3.8, 4) is 5.75 Å². The van der Waals surface area contributed by atoms with Crippen molar-refractivity contribution in [1.82, 2.24) is 4.90 Å². The maximum atomic E-state index is 13.0. The maximum absolute atomic E-state index is 13.0. The number of carbonyl (C=O) groups is 1. The van der Waals surface area contributed by atoms with Crippen LogP contribution in [0.15, 0.2) is 65.1 Å². The van der Waals surface area contributed by atoms with E-state index in [0.717, 1.165) is 23.3 Å². The van der Waals surface area contributed by atoms with Crippen molar-refractivity contribution in [2.24, 2.45) is 0 Å². The van der Waals surface area contributed by atoms with Crippen LogP contribution in [0.2, 0.25) is 0 Å². The Bertz CT molecular complexity index is 1070. The lowest BCUT2D eigenvalue weighted by Gasteiger charge is -2.28. The molecule has 1 aromatic heterocycles. The molecule has 0 aliphatic carbocycles. The number of carbonyl (C=O) groups excluding carboxylic acids is 1. The summed E-state index contributed by atoms with van der Waals surface area (Å²) in [5.41, 5.74) is 3.09. The van der Waals surface area contributed by atoms with Gasteiger partial charge in [0.05, 0.1) is 19.3 Å². The van der Waals surface area contributed by atoms with Gasteiger partial charge in [-0.2, -0.15) is 0 Å². The zero-order valence-corrected chi connectivity index (χ0v) is 20.5. The smallest absolute Gasteiger partial charge is 0.289 e. The van der Waals surface area contributed by atoms with Crippen LogP contribution in [-0.4, -0.2) is 36.1 Å². The van der Waals surface area contributed by atoms with Crippen molar-refractivity contribution < 1.29 is 19.1 Å². The fraction of sp³-hybridized carbons (Fsp3) is 0.393. The van der Waals surface area contributed by atoms with Crippen molar-refractivity contribution in [2.45, 2.75) is 58.1 Å². The lowest BCUT2D eigenvalue weighted by molar-refractivity contribution is 0.0460. The molecule has 0 unspecified atom stereocenters. The lowest BCUT2D eigenvalue weighted by atomic mass is 9.81. The molecule has 1 amide bonds. The molecule has 1 heterocycles. The number of aliphatic hydroxyl groups excluding tert-OH is 1. The number of likely N-dealkylation sites (N-methyl/N-ethyl adjacent to an activating group) is 1. The number of ether oxygens (including phenoxy) is 1. The molecule has 33 heavy (non-hydrogen) atoms. The molecular formula is C28H35NO4. The van der Waals surface area contributed by atoms with E-state index in [1.807, 2.05) is 49.4 Å². The SMILES string of the molecule is CCC(C)(C)c1ccc(OC)c(Cc2ccc(C(=O)N(C)[C@@H](C)[C@H](O)c3ccccc3)o2)c1. The summed E-state index contributed by atoms with van der Waals surface area (Å²) in [6.07, 6.45) is 0.761. The Morgan fingerprint density at radius 3 is 2.45 bits per heavy atom. The van der Waals surface area contributed by atoms with Gasteiger partial charge < -0.3 is 19.2 Å². The first kappa shape index (κ1) is 24.6. The second kappa shape index (κ2) is 10.3. The topological polar surface area (TPSA) is 62.9 Å². The first-order chi connectivity index (χ1) is 15.7. The van der Waals surface area contributed by atoms with Crippen molar-refractivity contribution in [3.63, 3.8) is 0 Å². The van der Waals surface area contributed by atoms with Crippen LogP contribution in [0.3, 0.4) is 0 Å². The highest BCUT2D eigenvalue weighted by Gasteiger charge is 2.27. The van der Waals surface area contributed by atoms with Gasteiger partial charge in [-0.1, -0.05) is 63.2 Å². The van der Waals surface area contributed by atoms with E-state index >= 15 is 0 Å². The van der Waals surface area contributed by atoms with Gasteiger partial charge in [0.2, 0.25) is 0 Å². The third-order valence-electron chi connectivity index (χ3n) is 6.71. The van der Waals surface area contributed by atoms with Gasteiger partial charge >= 0.3 is 0 Å². The minimum absolute atomic E-state index is 0.0593. The molecule has 2 atom stereocenters. The second-order valence-corrected chi connectivity index (χ2v) is 9.22. The third-order valence-corrected chi connectivity index (χ3v) is 6.71. The molecule has 2 aromatic carbocycles. The molecule has 0 saturated carbocycles. The summed E-state index contributed by atoms with van der Waals surface area (Å²) in [7, 11) is 3.34. The van der Waals surface area contributed by atoms with Crippen LogP contribution in [-0.2, 0) is 11.8 Å². The van der Waals surface area contributed by atoms with Crippen LogP contribution in [0.25, 0.3) is 0 Å². The van der Waals surface area contributed by atoms with E-state index < -0.39 is 12.1 Å². The van der Waals surface area contributed by atoms with Crippen LogP contribution in [0.5, 0.6) is 5.75 Å². The van der Waals surface area contributed by atoms with Gasteiger partial charge in [0.25, 0.3) is 5.91 Å². The number of amides is 1. The van der Waals surface area contributed by atoms with E-state index in [9.17, 15) is 9.90 Å². The number of aliphatic hydroxyl groups is 1. The normalized spacial score (nSPS) is 13.4. The van der Waals surface area contributed by atoms with Gasteiger partial charge in [-0.15, -0.1) is 0 Å². The highest BCUT2D eigenvalue weighted by atomic mass is 16.5. The molecule has 5 heteroatoms. The fourth-order valence-corrected chi connectivity index (χ4v) is 3.82. The molecule has 0 radical (unpaired) electrons. The molecule has 0 spiro atoms. The van der Waals surface area contributed by atoms with Crippen molar-refractivity contribution in [3.05, 3.63) is 88.9 Å². The largest absolute Gasteiger partial charge is 0.496 e. The highest BCUT2D eigenvalue weighted by Crippen LogP contribution is 2.32. The molecule has 0 saturated heterocycles. The van der Waals surface area contributed by atoms with Gasteiger partial charge in [-0.05, 0) is 48.1 Å². The predicted octanol–water partition coefficient (Wildman–Crippen LogP) is 5.76. The zero-order valence-electron chi connectivity index (χ0n) is 20.5. The zero-order chi connectivity index (χ0) is 24.2. The number of hydrogen-bond acceptors (Lipinski definition) is 4. The van der Waals surface area contributed by atoms with E-state index in [1.54, 1.807) is 20.2 Å². The monoisotopic (exact) mass is 449 g/mol. The average molecular weight is 450 g/mol. The summed E-state index contributed by atoms with van der Waals surface area (Å²) < 4.78 is 11.5. The van der Waals surface area contributed by atoms with Gasteiger partial charge in [-0.3, -0.25) is 4.79 Å². The molecular weight excluding hydrogens is 414 g/mol. The van der Waals surface area contributed by atoms with Crippen LogP contribution < -0.4 is 4.74 Å². The van der Waals surface area contributed by atoms with Crippen LogP contribution in [0, 0.1) is 0 Å². The van der Waals surface area contributed by atoms with E-state index in [2.05, 4.69) is 32.9 Å². The maximum Gasteiger partial charge on any atom is 0.289 e. The molecule has 1 N–H and O–H groups in total. The molecule has 176 valence electrons. The van der Waals surface area contributed by atoms with E-state index in [1.165, 1.54) is 10.5 Å². The summed E-state index contributed by atoms with van der Waals surface area (Å²) >= 11 is 0. The molecule has 0 aliphatic rings. The number of furan rings is 1. The predicted molar refractivity (Wildman–Crippen MR) is 131 cm³/mol. The van der Waals surface area contributed by atoms with Crippen molar-refractivity contribution in [1.29, 1.82) is 0 Å². The van der Waals surface area contributed by atoms with Gasteiger partial charge in [0, 0.05) is 19.0 Å². The number of methoxy groups -OCH3 is 1. The average Bonchev–Trinajstić information content (AvgIpc) is 3.31. The molecule has 5 nitrogen and oxygen atoms in total. The van der Waals surface area contributed by atoms with Gasteiger partial charge in [-0.25, -0.2) is 0 Å². The summed E-state index contributed by atoms with van der Waals surface area (Å²) in [5, 5.41) is 10.7. The third kappa shape index (κ3) is 5.48. The highest BCUT2D eigenvalue weighted by molar-refractivity contribution is 5.91. The van der Waals surface area contributed by atoms with Gasteiger partial charge in [0.1, 0.15) is 11.5 Å². The van der Waals surface area contributed by atoms with Crippen molar-refractivity contribution in [2.75, 3.05) is 14.2 Å². The number of rotatable bonds is 9. The fourth-order valence-electron chi connectivity index (χ4n) is 3.82. The first-order valence-corrected chi connectivity index (χ1v) is 11.4. The Morgan fingerprint density at radius 2 is 1.82 bits per heavy atom. The van der Waals surface area contributed by atoms with Gasteiger partial charge in [0.15, 0.2) is 5.76 Å². The number of hydrogen-bond donors (Lipinski definition) is 1. The summed E-state index contributed by atoms with van der Waals surface area (Å²) in [4.78, 5) is 14.6. The van der Waals surface area contributed by atoms with Crippen LogP contribution in [0.4, 0.5) is 0 Å². The summed E-state index contributed by atoms with van der Waals surface area (Å²) in [5.74, 6) is 1.47.